The summed E-state index contributed by atoms with van der Waals surface area (Å²) in [6, 6.07) is 9.33. The van der Waals surface area contributed by atoms with Crippen LogP contribution in [0.2, 0.25) is 0 Å². The first-order valence-corrected chi connectivity index (χ1v) is 9.79. The molecule has 1 aromatic carbocycles. The molecule has 0 atom stereocenters. The lowest BCUT2D eigenvalue weighted by atomic mass is 10.1. The zero-order valence-corrected chi connectivity index (χ0v) is 15.0. The van der Waals surface area contributed by atoms with E-state index in [2.05, 4.69) is 0 Å². The molecule has 0 saturated heterocycles. The van der Waals surface area contributed by atoms with Crippen LogP contribution in [0.3, 0.4) is 0 Å². The predicted molar refractivity (Wildman–Crippen MR) is 92.5 cm³/mol. The molecule has 0 saturated carbocycles. The average Bonchev–Trinajstić information content (AvgIpc) is 2.47. The van der Waals surface area contributed by atoms with Gasteiger partial charge in [-0.05, 0) is 32.3 Å². The van der Waals surface area contributed by atoms with Crippen molar-refractivity contribution in [1.82, 2.24) is 4.90 Å². The highest BCUT2D eigenvalue weighted by Crippen LogP contribution is 2.07. The van der Waals surface area contributed by atoms with Gasteiger partial charge in [0.05, 0.1) is 12.2 Å². The molecule has 0 aliphatic rings. The van der Waals surface area contributed by atoms with Crippen LogP contribution < -0.4 is 0 Å². The van der Waals surface area contributed by atoms with Crippen LogP contribution in [0.5, 0.6) is 0 Å². The van der Waals surface area contributed by atoms with E-state index in [1.807, 2.05) is 30.3 Å². The van der Waals surface area contributed by atoms with Crippen LogP contribution in [-0.4, -0.2) is 54.4 Å². The SMILES string of the molecule is CC(C)N(CCC(=O)O)C(=O)CS(=O)(=O)CCCc1ccccc1. The number of sulfone groups is 1. The van der Waals surface area contributed by atoms with Crippen LogP contribution >= 0.6 is 0 Å². The Kier molecular flexibility index (Phi) is 7.91. The number of carbonyl (C=O) groups is 2. The van der Waals surface area contributed by atoms with Crippen molar-refractivity contribution in [3.8, 4) is 0 Å². The number of carboxylic acid groups (broad SMARTS) is 1. The number of benzene rings is 1. The molecule has 1 aromatic rings. The third-order valence-electron chi connectivity index (χ3n) is 3.62. The van der Waals surface area contributed by atoms with Gasteiger partial charge in [-0.25, -0.2) is 8.42 Å². The van der Waals surface area contributed by atoms with Crippen LogP contribution in [0.25, 0.3) is 0 Å². The largest absolute Gasteiger partial charge is 0.481 e. The Hall–Kier alpha value is -1.89. The second-order valence-corrected chi connectivity index (χ2v) is 8.19. The van der Waals surface area contributed by atoms with Crippen molar-refractivity contribution in [1.29, 1.82) is 0 Å². The van der Waals surface area contributed by atoms with E-state index in [9.17, 15) is 18.0 Å². The zero-order chi connectivity index (χ0) is 18.2. The Labute approximate surface area is 143 Å². The molecule has 0 aromatic heterocycles. The smallest absolute Gasteiger partial charge is 0.305 e. The number of hydrogen-bond donors (Lipinski definition) is 1. The molecule has 1 rings (SSSR count). The van der Waals surface area contributed by atoms with E-state index in [4.69, 9.17) is 5.11 Å². The Balaban J connectivity index is 2.54. The van der Waals surface area contributed by atoms with E-state index < -0.39 is 27.5 Å². The number of aliphatic carboxylic acids is 1. The van der Waals surface area contributed by atoms with Gasteiger partial charge in [0.1, 0.15) is 5.75 Å². The molecule has 0 aliphatic heterocycles. The number of carbonyl (C=O) groups excluding carboxylic acids is 1. The lowest BCUT2D eigenvalue weighted by Gasteiger charge is -2.26. The number of amides is 1. The molecule has 24 heavy (non-hydrogen) atoms. The number of aryl methyl sites for hydroxylation is 1. The molecule has 7 heteroatoms. The Morgan fingerprint density at radius 1 is 1.17 bits per heavy atom. The molecule has 1 amide bonds. The summed E-state index contributed by atoms with van der Waals surface area (Å²) in [7, 11) is -3.51. The Bertz CT molecular complexity index is 640. The lowest BCUT2D eigenvalue weighted by Crippen LogP contribution is -2.42. The first-order valence-electron chi connectivity index (χ1n) is 7.97. The first-order chi connectivity index (χ1) is 11.2. The van der Waals surface area contributed by atoms with E-state index in [1.165, 1.54) is 4.90 Å². The van der Waals surface area contributed by atoms with Gasteiger partial charge in [0.15, 0.2) is 9.84 Å². The summed E-state index contributed by atoms with van der Waals surface area (Å²) in [5.41, 5.74) is 1.06. The predicted octanol–water partition coefficient (Wildman–Crippen LogP) is 1.75. The summed E-state index contributed by atoms with van der Waals surface area (Å²) < 4.78 is 24.3. The molecule has 0 aliphatic carbocycles. The van der Waals surface area contributed by atoms with Gasteiger partial charge >= 0.3 is 5.97 Å². The fourth-order valence-corrected chi connectivity index (χ4v) is 3.64. The molecule has 0 unspecified atom stereocenters. The second-order valence-electron chi connectivity index (χ2n) is 6.01. The minimum Gasteiger partial charge on any atom is -0.481 e. The van der Waals surface area contributed by atoms with Gasteiger partial charge < -0.3 is 10.0 Å². The molecule has 134 valence electrons. The van der Waals surface area contributed by atoms with Gasteiger partial charge in [-0.1, -0.05) is 30.3 Å². The topological polar surface area (TPSA) is 91.8 Å². The Morgan fingerprint density at radius 2 is 1.79 bits per heavy atom. The quantitative estimate of drug-likeness (QED) is 0.690. The summed E-state index contributed by atoms with van der Waals surface area (Å²) in [6.07, 6.45) is 0.898. The van der Waals surface area contributed by atoms with Crippen molar-refractivity contribution in [2.75, 3.05) is 18.1 Å². The van der Waals surface area contributed by atoms with Crippen LogP contribution in [0.1, 0.15) is 32.3 Å². The number of carboxylic acids is 1. The maximum atomic E-state index is 12.2. The lowest BCUT2D eigenvalue weighted by molar-refractivity contribution is -0.138. The van der Waals surface area contributed by atoms with Gasteiger partial charge in [0, 0.05) is 12.6 Å². The van der Waals surface area contributed by atoms with Crippen LogP contribution in [0.15, 0.2) is 30.3 Å². The molecular weight excluding hydrogens is 330 g/mol. The molecule has 0 fully saturated rings. The van der Waals surface area contributed by atoms with Gasteiger partial charge in [-0.3, -0.25) is 9.59 Å². The highest BCUT2D eigenvalue weighted by atomic mass is 32.2. The van der Waals surface area contributed by atoms with E-state index in [0.29, 0.717) is 12.8 Å². The van der Waals surface area contributed by atoms with Crippen molar-refractivity contribution < 1.29 is 23.1 Å². The highest BCUT2D eigenvalue weighted by molar-refractivity contribution is 7.92. The molecule has 6 nitrogen and oxygen atoms in total. The summed E-state index contributed by atoms with van der Waals surface area (Å²) in [4.78, 5) is 24.2. The van der Waals surface area contributed by atoms with Crippen LogP contribution in [-0.2, 0) is 25.8 Å². The van der Waals surface area contributed by atoms with Crippen molar-refractivity contribution in [3.05, 3.63) is 35.9 Å². The maximum absolute atomic E-state index is 12.2. The molecule has 0 bridgehead atoms. The van der Waals surface area contributed by atoms with Gasteiger partial charge in [-0.15, -0.1) is 0 Å². The monoisotopic (exact) mass is 355 g/mol. The third-order valence-corrected chi connectivity index (χ3v) is 5.21. The van der Waals surface area contributed by atoms with Gasteiger partial charge in [-0.2, -0.15) is 0 Å². The zero-order valence-electron chi connectivity index (χ0n) is 14.1. The molecule has 0 radical (unpaired) electrons. The fraction of sp³-hybridized carbons (Fsp3) is 0.529. The fourth-order valence-electron chi connectivity index (χ4n) is 2.37. The van der Waals surface area contributed by atoms with Crippen molar-refractivity contribution in [2.45, 2.75) is 39.2 Å². The molecule has 0 heterocycles. The van der Waals surface area contributed by atoms with Crippen molar-refractivity contribution in [2.24, 2.45) is 0 Å². The van der Waals surface area contributed by atoms with E-state index in [-0.39, 0.29) is 24.8 Å². The van der Waals surface area contributed by atoms with E-state index in [1.54, 1.807) is 13.8 Å². The van der Waals surface area contributed by atoms with Crippen molar-refractivity contribution in [3.63, 3.8) is 0 Å². The molecular formula is C17H25NO5S. The molecule has 1 N–H and O–H groups in total. The Morgan fingerprint density at radius 3 is 2.33 bits per heavy atom. The van der Waals surface area contributed by atoms with Crippen molar-refractivity contribution >= 4 is 21.7 Å². The third kappa shape index (κ3) is 7.59. The molecule has 0 spiro atoms. The number of hydrogen-bond acceptors (Lipinski definition) is 4. The van der Waals surface area contributed by atoms with E-state index >= 15 is 0 Å². The van der Waals surface area contributed by atoms with E-state index in [0.717, 1.165) is 5.56 Å². The van der Waals surface area contributed by atoms with Gasteiger partial charge in [0.25, 0.3) is 0 Å². The number of nitrogens with zero attached hydrogens (tertiary/aromatic N) is 1. The standard InChI is InChI=1S/C17H25NO5S/c1-14(2)18(11-10-17(20)21)16(19)13-24(22,23)12-6-9-15-7-4-3-5-8-15/h3-5,7-8,14H,6,9-13H2,1-2H3,(H,20,21). The maximum Gasteiger partial charge on any atom is 0.305 e. The first kappa shape index (κ1) is 20.2. The summed E-state index contributed by atoms with van der Waals surface area (Å²) in [5.74, 6) is -2.18. The normalized spacial score (nSPS) is 11.5. The van der Waals surface area contributed by atoms with Gasteiger partial charge in [0.2, 0.25) is 5.91 Å². The second kappa shape index (κ2) is 9.42. The van der Waals surface area contributed by atoms with Crippen LogP contribution in [0, 0.1) is 0 Å². The summed E-state index contributed by atoms with van der Waals surface area (Å²) in [6.45, 7) is 3.49. The number of rotatable bonds is 10. The summed E-state index contributed by atoms with van der Waals surface area (Å²) >= 11 is 0. The highest BCUT2D eigenvalue weighted by Gasteiger charge is 2.23. The van der Waals surface area contributed by atoms with Crippen LogP contribution in [0.4, 0.5) is 0 Å². The minimum absolute atomic E-state index is 0.0192. The summed E-state index contributed by atoms with van der Waals surface area (Å²) in [5, 5.41) is 8.73. The minimum atomic E-state index is -3.51. The average molecular weight is 355 g/mol.